The Morgan fingerprint density at radius 2 is 2.08 bits per heavy atom. The minimum atomic E-state index is -0.163. The van der Waals surface area contributed by atoms with Crippen molar-refractivity contribution in [2.75, 3.05) is 33.4 Å². The third-order valence-corrected chi connectivity index (χ3v) is 5.25. The number of hydrogen-bond donors (Lipinski definition) is 1. The number of ether oxygens (including phenoxy) is 1. The first-order chi connectivity index (χ1) is 12.7. The molecule has 1 saturated carbocycles. The molecule has 0 radical (unpaired) electrons. The van der Waals surface area contributed by atoms with Crippen molar-refractivity contribution >= 4 is 11.8 Å². The SMILES string of the molecule is COCC(=O)N1CCC[C@H](C(=O)NCCc2noc(C3CCCC3)n2)C1. The van der Waals surface area contributed by atoms with Crippen molar-refractivity contribution < 1.29 is 18.8 Å². The van der Waals surface area contributed by atoms with Gasteiger partial charge in [-0.1, -0.05) is 18.0 Å². The van der Waals surface area contributed by atoms with Gasteiger partial charge in [0.2, 0.25) is 17.7 Å². The number of amides is 2. The predicted octanol–water partition coefficient (Wildman–Crippen LogP) is 1.27. The normalized spacial score (nSPS) is 21.1. The molecule has 1 aromatic rings. The van der Waals surface area contributed by atoms with Crippen LogP contribution < -0.4 is 5.32 Å². The first-order valence-electron chi connectivity index (χ1n) is 9.54. The maximum Gasteiger partial charge on any atom is 0.248 e. The smallest absolute Gasteiger partial charge is 0.248 e. The molecule has 0 aromatic carbocycles. The fourth-order valence-electron chi connectivity index (χ4n) is 3.78. The van der Waals surface area contributed by atoms with Crippen LogP contribution in [0.4, 0.5) is 0 Å². The van der Waals surface area contributed by atoms with E-state index in [1.165, 1.54) is 20.0 Å². The van der Waals surface area contributed by atoms with E-state index < -0.39 is 0 Å². The van der Waals surface area contributed by atoms with E-state index in [4.69, 9.17) is 9.26 Å². The van der Waals surface area contributed by atoms with E-state index in [2.05, 4.69) is 15.5 Å². The maximum atomic E-state index is 12.4. The molecule has 2 fully saturated rings. The van der Waals surface area contributed by atoms with Gasteiger partial charge in [-0.15, -0.1) is 0 Å². The summed E-state index contributed by atoms with van der Waals surface area (Å²) >= 11 is 0. The number of methoxy groups -OCH3 is 1. The van der Waals surface area contributed by atoms with Crippen LogP contribution in [-0.2, 0) is 20.7 Å². The van der Waals surface area contributed by atoms with Crippen molar-refractivity contribution in [1.82, 2.24) is 20.4 Å². The zero-order valence-electron chi connectivity index (χ0n) is 15.4. The molecule has 1 aliphatic heterocycles. The Morgan fingerprint density at radius 3 is 2.85 bits per heavy atom. The lowest BCUT2D eigenvalue weighted by Gasteiger charge is -2.31. The van der Waals surface area contributed by atoms with E-state index >= 15 is 0 Å². The zero-order chi connectivity index (χ0) is 18.4. The number of carbonyl (C=O) groups excluding carboxylic acids is 2. The predicted molar refractivity (Wildman–Crippen MR) is 93.4 cm³/mol. The second-order valence-electron chi connectivity index (χ2n) is 7.18. The average molecular weight is 364 g/mol. The van der Waals surface area contributed by atoms with Crippen molar-refractivity contribution in [3.05, 3.63) is 11.7 Å². The number of nitrogens with zero attached hydrogens (tertiary/aromatic N) is 3. The molecule has 0 bridgehead atoms. The molecule has 8 nitrogen and oxygen atoms in total. The number of aromatic nitrogens is 2. The standard InChI is InChI=1S/C18H28N4O4/c1-25-12-16(23)22-10-4-7-14(11-22)17(24)19-9-8-15-20-18(26-21-15)13-5-2-3-6-13/h13-14H,2-12H2,1H3,(H,19,24)/t14-/m0/s1. The van der Waals surface area contributed by atoms with Gasteiger partial charge >= 0.3 is 0 Å². The van der Waals surface area contributed by atoms with Gasteiger partial charge in [0, 0.05) is 39.1 Å². The van der Waals surface area contributed by atoms with Gasteiger partial charge in [0.1, 0.15) is 6.61 Å². The summed E-state index contributed by atoms with van der Waals surface area (Å²) in [4.78, 5) is 30.5. The molecule has 1 aliphatic carbocycles. The summed E-state index contributed by atoms with van der Waals surface area (Å²) in [5.41, 5.74) is 0. The molecule has 0 spiro atoms. The number of piperidine rings is 1. The van der Waals surface area contributed by atoms with Crippen LogP contribution >= 0.6 is 0 Å². The molecule has 1 aromatic heterocycles. The summed E-state index contributed by atoms with van der Waals surface area (Å²) in [5, 5.41) is 6.96. The zero-order valence-corrected chi connectivity index (χ0v) is 15.4. The van der Waals surface area contributed by atoms with E-state index in [1.54, 1.807) is 4.90 Å². The molecular weight excluding hydrogens is 336 g/mol. The summed E-state index contributed by atoms with van der Waals surface area (Å²) in [7, 11) is 1.50. The van der Waals surface area contributed by atoms with Gasteiger partial charge in [0.15, 0.2) is 5.82 Å². The van der Waals surface area contributed by atoms with Crippen molar-refractivity contribution in [1.29, 1.82) is 0 Å². The summed E-state index contributed by atoms with van der Waals surface area (Å²) in [6.07, 6.45) is 6.89. The maximum absolute atomic E-state index is 12.4. The number of hydrogen-bond acceptors (Lipinski definition) is 6. The number of rotatable bonds is 7. The van der Waals surface area contributed by atoms with Crippen LogP contribution in [0.3, 0.4) is 0 Å². The van der Waals surface area contributed by atoms with E-state index in [0.717, 1.165) is 31.6 Å². The van der Waals surface area contributed by atoms with E-state index in [1.807, 2.05) is 0 Å². The Hall–Kier alpha value is -1.96. The van der Waals surface area contributed by atoms with Crippen LogP contribution in [0, 0.1) is 5.92 Å². The highest BCUT2D eigenvalue weighted by Gasteiger charge is 2.28. The van der Waals surface area contributed by atoms with Crippen LogP contribution in [0.15, 0.2) is 4.52 Å². The van der Waals surface area contributed by atoms with Gasteiger partial charge in [0.25, 0.3) is 0 Å². The molecule has 3 rings (SSSR count). The second kappa shape index (κ2) is 9.12. The Balaban J connectivity index is 1.41. The summed E-state index contributed by atoms with van der Waals surface area (Å²) < 4.78 is 10.2. The quantitative estimate of drug-likeness (QED) is 0.782. The molecule has 26 heavy (non-hydrogen) atoms. The lowest BCUT2D eigenvalue weighted by molar-refractivity contribution is -0.138. The fraction of sp³-hybridized carbons (Fsp3) is 0.778. The van der Waals surface area contributed by atoms with E-state index in [9.17, 15) is 9.59 Å². The summed E-state index contributed by atoms with van der Waals surface area (Å²) in [5.74, 6) is 1.55. The molecule has 0 unspecified atom stereocenters. The first kappa shape index (κ1) is 18.8. The Labute approximate surface area is 153 Å². The highest BCUT2D eigenvalue weighted by Crippen LogP contribution is 2.32. The summed E-state index contributed by atoms with van der Waals surface area (Å²) in [6, 6.07) is 0. The molecule has 1 atom stereocenters. The van der Waals surface area contributed by atoms with Crippen molar-refractivity contribution in [2.45, 2.75) is 50.9 Å². The van der Waals surface area contributed by atoms with Crippen LogP contribution in [0.25, 0.3) is 0 Å². The molecule has 1 N–H and O–H groups in total. The van der Waals surface area contributed by atoms with E-state index in [0.29, 0.717) is 37.8 Å². The lowest BCUT2D eigenvalue weighted by atomic mass is 9.97. The summed E-state index contributed by atoms with van der Waals surface area (Å²) in [6.45, 7) is 1.70. The van der Waals surface area contributed by atoms with Crippen LogP contribution in [0.1, 0.15) is 56.2 Å². The van der Waals surface area contributed by atoms with Gasteiger partial charge in [-0.25, -0.2) is 0 Å². The van der Waals surface area contributed by atoms with E-state index in [-0.39, 0.29) is 24.3 Å². The fourth-order valence-corrected chi connectivity index (χ4v) is 3.78. The van der Waals surface area contributed by atoms with Crippen molar-refractivity contribution in [3.63, 3.8) is 0 Å². The minimum absolute atomic E-state index is 0.0144. The molecular formula is C18H28N4O4. The van der Waals surface area contributed by atoms with Crippen LogP contribution in [0.5, 0.6) is 0 Å². The molecule has 2 heterocycles. The second-order valence-corrected chi connectivity index (χ2v) is 7.18. The average Bonchev–Trinajstić information content (AvgIpc) is 3.33. The van der Waals surface area contributed by atoms with Crippen molar-refractivity contribution in [2.24, 2.45) is 5.92 Å². The highest BCUT2D eigenvalue weighted by atomic mass is 16.5. The molecule has 2 amide bonds. The molecule has 2 aliphatic rings. The molecule has 144 valence electrons. The topological polar surface area (TPSA) is 97.6 Å². The third-order valence-electron chi connectivity index (χ3n) is 5.25. The lowest BCUT2D eigenvalue weighted by Crippen LogP contribution is -2.46. The Kier molecular flexibility index (Phi) is 6.60. The highest BCUT2D eigenvalue weighted by molar-refractivity contribution is 5.81. The monoisotopic (exact) mass is 364 g/mol. The van der Waals surface area contributed by atoms with Crippen LogP contribution in [0.2, 0.25) is 0 Å². The largest absolute Gasteiger partial charge is 0.375 e. The van der Waals surface area contributed by atoms with Gasteiger partial charge in [0.05, 0.1) is 5.92 Å². The van der Waals surface area contributed by atoms with Gasteiger partial charge in [-0.05, 0) is 25.7 Å². The number of carbonyl (C=O) groups is 2. The van der Waals surface area contributed by atoms with Gasteiger partial charge in [-0.2, -0.15) is 4.98 Å². The number of likely N-dealkylation sites (tertiary alicyclic amines) is 1. The van der Waals surface area contributed by atoms with Gasteiger partial charge in [-0.3, -0.25) is 9.59 Å². The third kappa shape index (κ3) is 4.81. The molecule has 8 heteroatoms. The molecule has 1 saturated heterocycles. The Bertz CT molecular complexity index is 612. The van der Waals surface area contributed by atoms with Crippen LogP contribution in [-0.4, -0.2) is 60.2 Å². The minimum Gasteiger partial charge on any atom is -0.375 e. The Morgan fingerprint density at radius 1 is 1.27 bits per heavy atom. The van der Waals surface area contributed by atoms with Gasteiger partial charge < -0.3 is 19.5 Å². The van der Waals surface area contributed by atoms with Crippen molar-refractivity contribution in [3.8, 4) is 0 Å². The number of nitrogens with one attached hydrogen (secondary N) is 1. The first-order valence-corrected chi connectivity index (χ1v) is 9.54.